The minimum absolute atomic E-state index is 0.625. The Hall–Kier alpha value is -1.03. The first kappa shape index (κ1) is 14.4. The minimum atomic E-state index is 0.625. The zero-order chi connectivity index (χ0) is 13.8. The van der Waals surface area contributed by atoms with E-state index in [2.05, 4.69) is 10.3 Å². The number of aryl methyl sites for hydroxylation is 2. The SMILES string of the molecule is Cc1nc(CNCCc2ccc(Cl)cc2Cl)oc1C. The maximum Gasteiger partial charge on any atom is 0.208 e. The maximum absolute atomic E-state index is 6.11. The van der Waals surface area contributed by atoms with Crippen molar-refractivity contribution in [2.75, 3.05) is 6.54 Å². The molecule has 3 nitrogen and oxygen atoms in total. The highest BCUT2D eigenvalue weighted by Crippen LogP contribution is 2.21. The van der Waals surface area contributed by atoms with Gasteiger partial charge in [-0.05, 0) is 44.5 Å². The van der Waals surface area contributed by atoms with Crippen molar-refractivity contribution in [3.8, 4) is 0 Å². The average molecular weight is 299 g/mol. The number of benzene rings is 1. The van der Waals surface area contributed by atoms with E-state index in [1.165, 1.54) is 0 Å². The van der Waals surface area contributed by atoms with Crippen molar-refractivity contribution >= 4 is 23.2 Å². The highest BCUT2D eigenvalue weighted by Gasteiger charge is 2.05. The van der Waals surface area contributed by atoms with Gasteiger partial charge >= 0.3 is 0 Å². The molecule has 0 amide bonds. The van der Waals surface area contributed by atoms with Crippen LogP contribution in [0.2, 0.25) is 10.0 Å². The smallest absolute Gasteiger partial charge is 0.208 e. The number of rotatable bonds is 5. The van der Waals surface area contributed by atoms with Gasteiger partial charge in [-0.2, -0.15) is 0 Å². The molecule has 0 aliphatic heterocycles. The first-order valence-corrected chi connectivity index (χ1v) is 6.89. The van der Waals surface area contributed by atoms with Crippen molar-refractivity contribution in [3.05, 3.63) is 51.2 Å². The lowest BCUT2D eigenvalue weighted by Crippen LogP contribution is -2.17. The third kappa shape index (κ3) is 3.96. The van der Waals surface area contributed by atoms with Crippen LogP contribution in [0, 0.1) is 13.8 Å². The third-order valence-corrected chi connectivity index (χ3v) is 3.52. The fraction of sp³-hybridized carbons (Fsp3) is 0.357. The number of hydrogen-bond donors (Lipinski definition) is 1. The predicted molar refractivity (Wildman–Crippen MR) is 77.8 cm³/mol. The Kier molecular flexibility index (Phi) is 4.86. The largest absolute Gasteiger partial charge is 0.444 e. The van der Waals surface area contributed by atoms with Crippen LogP contribution in [0.5, 0.6) is 0 Å². The third-order valence-electron chi connectivity index (χ3n) is 2.94. The van der Waals surface area contributed by atoms with Crippen molar-refractivity contribution in [1.82, 2.24) is 10.3 Å². The lowest BCUT2D eigenvalue weighted by Gasteiger charge is -2.05. The molecule has 0 aliphatic rings. The van der Waals surface area contributed by atoms with E-state index in [9.17, 15) is 0 Å². The molecule has 0 aliphatic carbocycles. The highest BCUT2D eigenvalue weighted by molar-refractivity contribution is 6.35. The summed E-state index contributed by atoms with van der Waals surface area (Å²) in [5.41, 5.74) is 2.02. The van der Waals surface area contributed by atoms with Gasteiger partial charge in [-0.3, -0.25) is 0 Å². The fourth-order valence-corrected chi connectivity index (χ4v) is 2.26. The molecule has 1 aromatic heterocycles. The molecule has 19 heavy (non-hydrogen) atoms. The Labute approximate surface area is 122 Å². The Morgan fingerprint density at radius 3 is 2.68 bits per heavy atom. The lowest BCUT2D eigenvalue weighted by molar-refractivity contribution is 0.450. The number of halogens is 2. The van der Waals surface area contributed by atoms with Crippen LogP contribution in [0.3, 0.4) is 0 Å². The quantitative estimate of drug-likeness (QED) is 0.850. The molecule has 0 saturated heterocycles. The normalized spacial score (nSPS) is 10.9. The summed E-state index contributed by atoms with van der Waals surface area (Å²) in [5, 5.41) is 4.65. The molecule has 2 rings (SSSR count). The molecular weight excluding hydrogens is 283 g/mol. The summed E-state index contributed by atoms with van der Waals surface area (Å²) in [6.45, 7) is 5.29. The number of oxazole rings is 1. The summed E-state index contributed by atoms with van der Waals surface area (Å²) in [6, 6.07) is 5.56. The summed E-state index contributed by atoms with van der Waals surface area (Å²) in [4.78, 5) is 4.31. The van der Waals surface area contributed by atoms with E-state index in [1.807, 2.05) is 26.0 Å². The second-order valence-electron chi connectivity index (χ2n) is 4.41. The van der Waals surface area contributed by atoms with E-state index in [-0.39, 0.29) is 0 Å². The standard InChI is InChI=1S/C14H16Cl2N2O/c1-9-10(2)19-14(18-9)8-17-6-5-11-3-4-12(15)7-13(11)16/h3-4,7,17H,5-6,8H2,1-2H3. The number of nitrogens with one attached hydrogen (secondary N) is 1. The van der Waals surface area contributed by atoms with Crippen LogP contribution in [-0.2, 0) is 13.0 Å². The molecule has 102 valence electrons. The Morgan fingerprint density at radius 2 is 2.05 bits per heavy atom. The molecule has 0 fully saturated rings. The molecule has 0 bridgehead atoms. The summed E-state index contributed by atoms with van der Waals surface area (Å²) in [6.07, 6.45) is 0.842. The van der Waals surface area contributed by atoms with Gasteiger partial charge in [0.2, 0.25) is 5.89 Å². The molecule has 0 radical (unpaired) electrons. The van der Waals surface area contributed by atoms with Crippen molar-refractivity contribution in [2.24, 2.45) is 0 Å². The van der Waals surface area contributed by atoms with E-state index in [0.29, 0.717) is 16.6 Å². The van der Waals surface area contributed by atoms with Crippen LogP contribution in [0.1, 0.15) is 22.9 Å². The predicted octanol–water partition coefficient (Wildman–Crippen LogP) is 3.93. The lowest BCUT2D eigenvalue weighted by atomic mass is 10.1. The van der Waals surface area contributed by atoms with Crippen LogP contribution >= 0.6 is 23.2 Å². The zero-order valence-corrected chi connectivity index (χ0v) is 12.5. The number of aromatic nitrogens is 1. The number of nitrogens with zero attached hydrogens (tertiary/aromatic N) is 1. The second kappa shape index (κ2) is 6.42. The van der Waals surface area contributed by atoms with Crippen molar-refractivity contribution in [1.29, 1.82) is 0 Å². The van der Waals surface area contributed by atoms with Crippen molar-refractivity contribution < 1.29 is 4.42 Å². The molecule has 0 spiro atoms. The fourth-order valence-electron chi connectivity index (χ4n) is 1.76. The van der Waals surface area contributed by atoms with E-state index < -0.39 is 0 Å². The van der Waals surface area contributed by atoms with Crippen LogP contribution in [0.15, 0.2) is 22.6 Å². The minimum Gasteiger partial charge on any atom is -0.444 e. The molecule has 1 N–H and O–H groups in total. The van der Waals surface area contributed by atoms with E-state index in [4.69, 9.17) is 27.6 Å². The monoisotopic (exact) mass is 298 g/mol. The molecule has 0 unspecified atom stereocenters. The van der Waals surface area contributed by atoms with Gasteiger partial charge in [-0.25, -0.2) is 4.98 Å². The van der Waals surface area contributed by atoms with Crippen LogP contribution in [-0.4, -0.2) is 11.5 Å². The summed E-state index contributed by atoms with van der Waals surface area (Å²) in [7, 11) is 0. The van der Waals surface area contributed by atoms with Gasteiger partial charge in [-0.15, -0.1) is 0 Å². The molecule has 5 heteroatoms. The highest BCUT2D eigenvalue weighted by atomic mass is 35.5. The molecule has 1 heterocycles. The second-order valence-corrected chi connectivity index (χ2v) is 5.26. The summed E-state index contributed by atoms with van der Waals surface area (Å²) >= 11 is 12.0. The molecule has 0 atom stereocenters. The molecular formula is C14H16Cl2N2O. The topological polar surface area (TPSA) is 38.1 Å². The van der Waals surface area contributed by atoms with Crippen LogP contribution < -0.4 is 5.32 Å². The van der Waals surface area contributed by atoms with Gasteiger partial charge in [0.15, 0.2) is 0 Å². The van der Waals surface area contributed by atoms with Gasteiger partial charge in [0.05, 0.1) is 12.2 Å². The van der Waals surface area contributed by atoms with E-state index in [1.54, 1.807) is 6.07 Å². The van der Waals surface area contributed by atoms with Gasteiger partial charge in [0, 0.05) is 10.0 Å². The molecule has 1 aromatic carbocycles. The van der Waals surface area contributed by atoms with Gasteiger partial charge in [0.25, 0.3) is 0 Å². The van der Waals surface area contributed by atoms with E-state index in [0.717, 1.165) is 35.9 Å². The Balaban J connectivity index is 1.80. The zero-order valence-electron chi connectivity index (χ0n) is 11.0. The Morgan fingerprint density at radius 1 is 1.26 bits per heavy atom. The van der Waals surface area contributed by atoms with Crippen LogP contribution in [0.25, 0.3) is 0 Å². The average Bonchev–Trinajstić information content (AvgIpc) is 2.66. The number of hydrogen-bond acceptors (Lipinski definition) is 3. The van der Waals surface area contributed by atoms with Gasteiger partial charge in [0.1, 0.15) is 5.76 Å². The first-order valence-electron chi connectivity index (χ1n) is 6.14. The summed E-state index contributed by atoms with van der Waals surface area (Å²) in [5.74, 6) is 1.59. The molecule has 2 aromatic rings. The summed E-state index contributed by atoms with van der Waals surface area (Å²) < 4.78 is 5.49. The first-order chi connectivity index (χ1) is 9.06. The molecule has 0 saturated carbocycles. The van der Waals surface area contributed by atoms with Crippen molar-refractivity contribution in [3.63, 3.8) is 0 Å². The van der Waals surface area contributed by atoms with Crippen molar-refractivity contribution in [2.45, 2.75) is 26.8 Å². The van der Waals surface area contributed by atoms with E-state index >= 15 is 0 Å². The van der Waals surface area contributed by atoms with Crippen LogP contribution in [0.4, 0.5) is 0 Å². The van der Waals surface area contributed by atoms with Gasteiger partial charge < -0.3 is 9.73 Å². The van der Waals surface area contributed by atoms with Gasteiger partial charge in [-0.1, -0.05) is 29.3 Å². The Bertz CT molecular complexity index is 547. The maximum atomic E-state index is 6.11.